The highest BCUT2D eigenvalue weighted by Crippen LogP contribution is 2.30. The molecule has 1 heterocycles. The van der Waals surface area contributed by atoms with Crippen molar-refractivity contribution in [1.82, 2.24) is 0 Å². The maximum Gasteiger partial charge on any atom is 0.219 e. The lowest BCUT2D eigenvalue weighted by Gasteiger charge is -2.26. The van der Waals surface area contributed by atoms with Gasteiger partial charge in [0.2, 0.25) is 5.79 Å². The second-order valence-corrected chi connectivity index (χ2v) is 3.02. The number of hydrogen-bond acceptors (Lipinski definition) is 5. The van der Waals surface area contributed by atoms with Crippen molar-refractivity contribution in [2.24, 2.45) is 0 Å². The maximum atomic E-state index is 9.68. The number of aliphatic hydroxyl groups excluding tert-OH is 1. The summed E-state index contributed by atoms with van der Waals surface area (Å²) in [5, 5.41) is 18.7. The summed E-state index contributed by atoms with van der Waals surface area (Å²) in [6, 6.07) is 0. The molecule has 2 unspecified atom stereocenters. The highest BCUT2D eigenvalue weighted by molar-refractivity contribution is 7.09. The fraction of sp³-hybridized carbons (Fsp3) is 1.00. The van der Waals surface area contributed by atoms with Crippen molar-refractivity contribution < 1.29 is 24.2 Å². The van der Waals surface area contributed by atoms with Crippen LogP contribution < -0.4 is 0 Å². The Morgan fingerprint density at radius 2 is 2.42 bits per heavy atom. The van der Waals surface area contributed by atoms with Gasteiger partial charge in [0.1, 0.15) is 12.7 Å². The minimum atomic E-state index is -1.53. The largest absolute Gasteiger partial charge is 0.376 e. The zero-order valence-corrected chi connectivity index (χ0v) is 7.92. The van der Waals surface area contributed by atoms with Crippen molar-refractivity contribution in [3.63, 3.8) is 0 Å². The molecule has 0 amide bonds. The van der Waals surface area contributed by atoms with E-state index in [1.54, 1.807) is 0 Å². The summed E-state index contributed by atoms with van der Waals surface area (Å²) in [4.78, 5) is 0. The first-order valence-corrected chi connectivity index (χ1v) is 4.02. The highest BCUT2D eigenvalue weighted by Gasteiger charge is 2.47. The Bertz CT molecular complexity index is 155. The van der Waals surface area contributed by atoms with E-state index in [0.29, 0.717) is 0 Å². The minimum absolute atomic E-state index is 0.0484. The summed E-state index contributed by atoms with van der Waals surface area (Å²) < 4.78 is 14.4. The van der Waals surface area contributed by atoms with Crippen LogP contribution in [-0.2, 0) is 14.0 Å². The van der Waals surface area contributed by atoms with E-state index in [0.717, 1.165) is 0 Å². The summed E-state index contributed by atoms with van der Waals surface area (Å²) in [7, 11) is 3.44. The molecule has 0 aliphatic carbocycles. The van der Waals surface area contributed by atoms with Gasteiger partial charge in [-0.1, -0.05) is 0 Å². The first-order chi connectivity index (χ1) is 5.62. The SMILES string of the molecule is CO[C@@H]1CC(O)O[C@]1(O)COP. The molecule has 0 bridgehead atoms. The Labute approximate surface area is 72.9 Å². The zero-order valence-electron chi connectivity index (χ0n) is 6.77. The molecular weight excluding hydrogens is 183 g/mol. The average molecular weight is 196 g/mol. The standard InChI is InChI=1S/C6H13O5P/c1-9-4-2-5(7)11-6(4,8)3-10-12/h4-5,7-8H,2-3,12H2,1H3/t4-,5?,6-/m1/s1. The van der Waals surface area contributed by atoms with Gasteiger partial charge in [0.25, 0.3) is 0 Å². The van der Waals surface area contributed by atoms with Crippen LogP contribution in [0.3, 0.4) is 0 Å². The normalized spacial score (nSPS) is 42.0. The molecule has 0 spiro atoms. The lowest BCUT2D eigenvalue weighted by atomic mass is 10.1. The van der Waals surface area contributed by atoms with Gasteiger partial charge >= 0.3 is 0 Å². The van der Waals surface area contributed by atoms with Crippen LogP contribution >= 0.6 is 9.47 Å². The van der Waals surface area contributed by atoms with Gasteiger partial charge in [-0.15, -0.1) is 0 Å². The van der Waals surface area contributed by atoms with Crippen molar-refractivity contribution in [2.75, 3.05) is 13.7 Å². The second kappa shape index (κ2) is 3.96. The quantitative estimate of drug-likeness (QED) is 0.580. The molecule has 12 heavy (non-hydrogen) atoms. The van der Waals surface area contributed by atoms with Crippen molar-refractivity contribution in [3.8, 4) is 0 Å². The molecule has 1 fully saturated rings. The molecule has 2 N–H and O–H groups in total. The van der Waals surface area contributed by atoms with Crippen molar-refractivity contribution in [2.45, 2.75) is 24.6 Å². The minimum Gasteiger partial charge on any atom is -0.376 e. The van der Waals surface area contributed by atoms with Crippen LogP contribution in [0.25, 0.3) is 0 Å². The lowest BCUT2D eigenvalue weighted by Crippen LogP contribution is -2.44. The van der Waals surface area contributed by atoms with E-state index in [1.165, 1.54) is 7.11 Å². The van der Waals surface area contributed by atoms with Gasteiger partial charge in [-0.25, -0.2) is 0 Å². The monoisotopic (exact) mass is 196 g/mol. The van der Waals surface area contributed by atoms with Gasteiger partial charge < -0.3 is 24.2 Å². The molecule has 0 aromatic rings. The van der Waals surface area contributed by atoms with E-state index in [2.05, 4.69) is 4.52 Å². The Hall–Kier alpha value is 0.230. The Morgan fingerprint density at radius 3 is 2.92 bits per heavy atom. The predicted molar refractivity (Wildman–Crippen MR) is 43.1 cm³/mol. The van der Waals surface area contributed by atoms with Crippen LogP contribution in [0, 0.1) is 0 Å². The van der Waals surface area contributed by atoms with Crippen molar-refractivity contribution in [3.05, 3.63) is 0 Å². The molecule has 6 heteroatoms. The van der Waals surface area contributed by atoms with E-state index in [-0.39, 0.29) is 13.0 Å². The summed E-state index contributed by atoms with van der Waals surface area (Å²) >= 11 is 0. The van der Waals surface area contributed by atoms with Crippen LogP contribution in [0.5, 0.6) is 0 Å². The smallest absolute Gasteiger partial charge is 0.219 e. The molecule has 72 valence electrons. The summed E-state index contributed by atoms with van der Waals surface area (Å²) in [6.07, 6.45) is -1.28. The molecule has 1 aliphatic heterocycles. The summed E-state index contributed by atoms with van der Waals surface area (Å²) in [5.74, 6) is -1.53. The van der Waals surface area contributed by atoms with Gasteiger partial charge in [-0.2, -0.15) is 0 Å². The van der Waals surface area contributed by atoms with Crippen LogP contribution in [0.1, 0.15) is 6.42 Å². The Balaban J connectivity index is 2.60. The van der Waals surface area contributed by atoms with Crippen LogP contribution in [0.4, 0.5) is 0 Å². The third-order valence-electron chi connectivity index (χ3n) is 1.83. The third-order valence-corrected chi connectivity index (χ3v) is 2.00. The molecule has 1 rings (SSSR count). The van der Waals surface area contributed by atoms with Crippen LogP contribution in [0.15, 0.2) is 0 Å². The summed E-state index contributed by atoms with van der Waals surface area (Å²) in [5.41, 5.74) is 0. The Kier molecular flexibility index (Phi) is 3.40. The maximum absolute atomic E-state index is 9.68. The summed E-state index contributed by atoms with van der Waals surface area (Å²) in [6.45, 7) is -0.0484. The van der Waals surface area contributed by atoms with E-state index < -0.39 is 18.2 Å². The fourth-order valence-electron chi connectivity index (χ4n) is 1.25. The average Bonchev–Trinajstić information content (AvgIpc) is 2.26. The second-order valence-electron chi connectivity index (χ2n) is 2.69. The zero-order chi connectivity index (χ0) is 9.19. The van der Waals surface area contributed by atoms with Crippen molar-refractivity contribution in [1.29, 1.82) is 0 Å². The fourth-order valence-corrected chi connectivity index (χ4v) is 1.49. The number of ether oxygens (including phenoxy) is 2. The Morgan fingerprint density at radius 1 is 1.75 bits per heavy atom. The van der Waals surface area contributed by atoms with E-state index in [9.17, 15) is 5.11 Å². The molecule has 4 atom stereocenters. The van der Waals surface area contributed by atoms with Gasteiger partial charge in [0.15, 0.2) is 6.29 Å². The van der Waals surface area contributed by atoms with Gasteiger partial charge in [0, 0.05) is 23.0 Å². The van der Waals surface area contributed by atoms with E-state index in [1.807, 2.05) is 9.47 Å². The molecule has 0 aromatic carbocycles. The van der Waals surface area contributed by atoms with E-state index in [4.69, 9.17) is 14.6 Å². The first kappa shape index (κ1) is 10.3. The lowest BCUT2D eigenvalue weighted by molar-refractivity contribution is -0.270. The number of rotatable bonds is 3. The van der Waals surface area contributed by atoms with Gasteiger partial charge in [-0.3, -0.25) is 0 Å². The third kappa shape index (κ3) is 1.93. The molecule has 0 saturated carbocycles. The molecular formula is C6H13O5P. The van der Waals surface area contributed by atoms with Crippen molar-refractivity contribution >= 4 is 9.47 Å². The molecule has 0 aromatic heterocycles. The highest BCUT2D eigenvalue weighted by atomic mass is 31.0. The van der Waals surface area contributed by atoms with Crippen LogP contribution in [-0.4, -0.2) is 42.1 Å². The van der Waals surface area contributed by atoms with Gasteiger partial charge in [-0.05, 0) is 0 Å². The topological polar surface area (TPSA) is 68.2 Å². The number of aliphatic hydroxyl groups is 2. The van der Waals surface area contributed by atoms with E-state index >= 15 is 0 Å². The molecule has 1 aliphatic rings. The first-order valence-electron chi connectivity index (χ1n) is 3.55. The molecule has 1 saturated heterocycles. The number of methoxy groups -OCH3 is 1. The molecule has 5 nitrogen and oxygen atoms in total. The molecule has 0 radical (unpaired) electrons. The predicted octanol–water partition coefficient (Wildman–Crippen LogP) is -0.765. The van der Waals surface area contributed by atoms with Crippen LogP contribution in [0.2, 0.25) is 0 Å². The van der Waals surface area contributed by atoms with Gasteiger partial charge in [0.05, 0.1) is 0 Å². The number of hydrogen-bond donors (Lipinski definition) is 2.